The van der Waals surface area contributed by atoms with E-state index in [0.717, 1.165) is 18.2 Å². The summed E-state index contributed by atoms with van der Waals surface area (Å²) in [7, 11) is 1.54. The number of amides is 1. The van der Waals surface area contributed by atoms with Crippen molar-refractivity contribution in [1.29, 1.82) is 0 Å². The minimum Gasteiger partial charge on any atom is -0.380 e. The first-order chi connectivity index (χ1) is 9.32. The van der Waals surface area contributed by atoms with Gasteiger partial charge >= 0.3 is 6.18 Å². The Morgan fingerprint density at radius 2 is 2.15 bits per heavy atom. The van der Waals surface area contributed by atoms with Crippen molar-refractivity contribution < 1.29 is 22.7 Å². The topological polar surface area (TPSA) is 29.5 Å². The molecule has 110 valence electrons. The molecule has 1 aliphatic rings. The third kappa shape index (κ3) is 3.07. The van der Waals surface area contributed by atoms with Crippen molar-refractivity contribution in [2.24, 2.45) is 0 Å². The summed E-state index contributed by atoms with van der Waals surface area (Å²) in [6, 6.07) is 2.76. The maximum atomic E-state index is 12.7. The molecule has 1 amide bonds. The van der Waals surface area contributed by atoms with Crippen LogP contribution in [0, 0.1) is 0 Å². The summed E-state index contributed by atoms with van der Waals surface area (Å²) in [5.41, 5.74) is -1.01. The van der Waals surface area contributed by atoms with Gasteiger partial charge in [0.05, 0.1) is 22.3 Å². The number of nitrogens with zero attached hydrogens (tertiary/aromatic N) is 1. The molecule has 20 heavy (non-hydrogen) atoms. The quantitative estimate of drug-likeness (QED) is 0.839. The highest BCUT2D eigenvalue weighted by atomic mass is 35.5. The Balaban J connectivity index is 2.26. The lowest BCUT2D eigenvalue weighted by molar-refractivity contribution is -0.137. The summed E-state index contributed by atoms with van der Waals surface area (Å²) in [4.78, 5) is 13.7. The second-order valence-corrected chi connectivity index (χ2v) is 5.00. The molecule has 0 saturated carbocycles. The molecule has 1 saturated heterocycles. The van der Waals surface area contributed by atoms with Gasteiger partial charge in [0.2, 0.25) is 0 Å². The Kier molecular flexibility index (Phi) is 4.25. The smallest absolute Gasteiger partial charge is 0.380 e. The number of carbonyl (C=O) groups is 1. The van der Waals surface area contributed by atoms with Crippen LogP contribution in [0.5, 0.6) is 0 Å². The van der Waals surface area contributed by atoms with Crippen LogP contribution in [0.25, 0.3) is 0 Å². The van der Waals surface area contributed by atoms with Crippen molar-refractivity contribution in [2.45, 2.75) is 18.7 Å². The number of carbonyl (C=O) groups excluding carboxylic acids is 1. The molecule has 2 rings (SSSR count). The van der Waals surface area contributed by atoms with E-state index >= 15 is 0 Å². The van der Waals surface area contributed by atoms with Crippen LogP contribution in [0.2, 0.25) is 5.02 Å². The molecule has 0 aromatic heterocycles. The van der Waals surface area contributed by atoms with Gasteiger partial charge in [0.25, 0.3) is 5.91 Å². The third-order valence-corrected chi connectivity index (χ3v) is 3.62. The molecule has 1 heterocycles. The molecule has 1 unspecified atom stereocenters. The summed E-state index contributed by atoms with van der Waals surface area (Å²) in [5, 5.41) is 0.0175. The van der Waals surface area contributed by atoms with Crippen LogP contribution >= 0.6 is 11.6 Å². The maximum Gasteiger partial charge on any atom is 0.416 e. The van der Waals surface area contributed by atoms with Gasteiger partial charge in [-0.05, 0) is 24.6 Å². The van der Waals surface area contributed by atoms with Gasteiger partial charge in [-0.1, -0.05) is 11.6 Å². The van der Waals surface area contributed by atoms with Gasteiger partial charge in [-0.2, -0.15) is 13.2 Å². The van der Waals surface area contributed by atoms with Crippen LogP contribution in [0.1, 0.15) is 22.3 Å². The second kappa shape index (κ2) is 5.61. The molecule has 1 atom stereocenters. The predicted octanol–water partition coefficient (Wildman–Crippen LogP) is 3.22. The van der Waals surface area contributed by atoms with Crippen LogP contribution < -0.4 is 0 Å². The van der Waals surface area contributed by atoms with E-state index in [1.54, 1.807) is 0 Å². The van der Waals surface area contributed by atoms with Crippen molar-refractivity contribution in [3.63, 3.8) is 0 Å². The van der Waals surface area contributed by atoms with Crippen LogP contribution in [0.15, 0.2) is 18.2 Å². The zero-order chi connectivity index (χ0) is 14.9. The first-order valence-electron chi connectivity index (χ1n) is 6.01. The molecule has 1 aromatic carbocycles. The van der Waals surface area contributed by atoms with E-state index in [1.165, 1.54) is 12.0 Å². The fourth-order valence-corrected chi connectivity index (χ4v) is 2.34. The molecule has 3 nitrogen and oxygen atoms in total. The number of hydrogen-bond donors (Lipinski definition) is 0. The van der Waals surface area contributed by atoms with Crippen molar-refractivity contribution >= 4 is 17.5 Å². The lowest BCUT2D eigenvalue weighted by atomic mass is 10.1. The Morgan fingerprint density at radius 1 is 1.45 bits per heavy atom. The van der Waals surface area contributed by atoms with E-state index in [1.807, 2.05) is 0 Å². The molecule has 1 aromatic rings. The fraction of sp³-hybridized carbons (Fsp3) is 0.462. The lowest BCUT2D eigenvalue weighted by Gasteiger charge is -2.18. The third-order valence-electron chi connectivity index (χ3n) is 3.29. The van der Waals surface area contributed by atoms with Gasteiger partial charge in [-0.25, -0.2) is 0 Å². The zero-order valence-electron chi connectivity index (χ0n) is 10.7. The van der Waals surface area contributed by atoms with Crippen LogP contribution in [-0.4, -0.2) is 37.1 Å². The van der Waals surface area contributed by atoms with E-state index in [9.17, 15) is 18.0 Å². The molecule has 1 aliphatic heterocycles. The number of methoxy groups -OCH3 is 1. The molecule has 7 heteroatoms. The average molecular weight is 308 g/mol. The van der Waals surface area contributed by atoms with Gasteiger partial charge in [0.15, 0.2) is 0 Å². The van der Waals surface area contributed by atoms with Gasteiger partial charge in [0.1, 0.15) is 0 Å². The van der Waals surface area contributed by atoms with E-state index in [4.69, 9.17) is 16.3 Å². The summed E-state index contributed by atoms with van der Waals surface area (Å²) in [6.45, 7) is 0.811. The summed E-state index contributed by atoms with van der Waals surface area (Å²) in [6.07, 6.45) is -3.91. The van der Waals surface area contributed by atoms with E-state index < -0.39 is 17.6 Å². The standard InChI is InChI=1S/C13H13ClF3NO2/c1-20-9-4-5-18(7-9)12(19)10-6-8(13(15,16)17)2-3-11(10)14/h2-3,6,9H,4-5,7H2,1H3. The second-order valence-electron chi connectivity index (χ2n) is 4.59. The minimum absolute atomic E-state index is 0.0175. The molecule has 0 N–H and O–H groups in total. The molecule has 0 aliphatic carbocycles. The number of hydrogen-bond acceptors (Lipinski definition) is 2. The highest BCUT2D eigenvalue weighted by Crippen LogP contribution is 2.32. The van der Waals surface area contributed by atoms with Crippen LogP contribution in [0.4, 0.5) is 13.2 Å². The number of ether oxygens (including phenoxy) is 1. The summed E-state index contributed by atoms with van der Waals surface area (Å²) in [5.74, 6) is -0.499. The van der Waals surface area contributed by atoms with Crippen LogP contribution in [-0.2, 0) is 10.9 Å². The Morgan fingerprint density at radius 3 is 2.70 bits per heavy atom. The van der Waals surface area contributed by atoms with E-state index in [-0.39, 0.29) is 16.7 Å². The first kappa shape index (κ1) is 15.1. The molecule has 0 spiro atoms. The Hall–Kier alpha value is -1.27. The van der Waals surface area contributed by atoms with Crippen molar-refractivity contribution in [3.8, 4) is 0 Å². The number of alkyl halides is 3. The number of benzene rings is 1. The van der Waals surface area contributed by atoms with Gasteiger partial charge in [-0.3, -0.25) is 4.79 Å². The molecule has 1 fully saturated rings. The van der Waals surface area contributed by atoms with Crippen LogP contribution in [0.3, 0.4) is 0 Å². The first-order valence-corrected chi connectivity index (χ1v) is 6.39. The Bertz CT molecular complexity index is 519. The normalized spacial score (nSPS) is 19.4. The highest BCUT2D eigenvalue weighted by Gasteiger charge is 2.33. The molecular formula is C13H13ClF3NO2. The molecular weight excluding hydrogens is 295 g/mol. The van der Waals surface area contributed by atoms with E-state index in [0.29, 0.717) is 19.5 Å². The fourth-order valence-electron chi connectivity index (χ4n) is 2.14. The molecule has 0 radical (unpaired) electrons. The van der Waals surface area contributed by atoms with Gasteiger partial charge < -0.3 is 9.64 Å². The number of rotatable bonds is 2. The largest absolute Gasteiger partial charge is 0.416 e. The van der Waals surface area contributed by atoms with Crippen molar-refractivity contribution in [2.75, 3.05) is 20.2 Å². The number of likely N-dealkylation sites (tertiary alicyclic amines) is 1. The van der Waals surface area contributed by atoms with Crippen molar-refractivity contribution in [3.05, 3.63) is 34.3 Å². The molecule has 0 bridgehead atoms. The summed E-state index contributed by atoms with van der Waals surface area (Å²) >= 11 is 5.84. The zero-order valence-corrected chi connectivity index (χ0v) is 11.5. The summed E-state index contributed by atoms with van der Waals surface area (Å²) < 4.78 is 43.1. The van der Waals surface area contributed by atoms with Gasteiger partial charge in [-0.15, -0.1) is 0 Å². The minimum atomic E-state index is -4.50. The van der Waals surface area contributed by atoms with Gasteiger partial charge in [0, 0.05) is 20.2 Å². The maximum absolute atomic E-state index is 12.7. The average Bonchev–Trinajstić information content (AvgIpc) is 2.86. The lowest BCUT2D eigenvalue weighted by Crippen LogP contribution is -2.30. The SMILES string of the molecule is COC1CCN(C(=O)c2cc(C(F)(F)F)ccc2Cl)C1. The highest BCUT2D eigenvalue weighted by molar-refractivity contribution is 6.33. The predicted molar refractivity (Wildman–Crippen MR) is 67.8 cm³/mol. The number of halogens is 4. The van der Waals surface area contributed by atoms with Crippen molar-refractivity contribution in [1.82, 2.24) is 4.90 Å². The van der Waals surface area contributed by atoms with E-state index in [2.05, 4.69) is 0 Å². The monoisotopic (exact) mass is 307 g/mol. The Labute approximate surface area is 119 Å².